The number of halogens is 1. The second-order valence-corrected chi connectivity index (χ2v) is 7.30. The first-order valence-corrected chi connectivity index (χ1v) is 7.89. The zero-order valence-corrected chi connectivity index (χ0v) is 14.0. The lowest BCUT2D eigenvalue weighted by molar-refractivity contribution is 0.514. The molecular formula is C14H15BrN2S2. The zero-order valence-electron chi connectivity index (χ0n) is 10.8. The molecule has 1 heterocycles. The van der Waals surface area contributed by atoms with Gasteiger partial charge in [-0.3, -0.25) is 0 Å². The van der Waals surface area contributed by atoms with Crippen molar-refractivity contribution in [1.82, 2.24) is 4.90 Å². The Labute approximate surface area is 131 Å². The summed E-state index contributed by atoms with van der Waals surface area (Å²) in [4.78, 5) is 3.32. The third-order valence-electron chi connectivity index (χ3n) is 2.64. The maximum atomic E-state index is 5.42. The fourth-order valence-electron chi connectivity index (χ4n) is 1.68. The van der Waals surface area contributed by atoms with E-state index in [0.29, 0.717) is 0 Å². The van der Waals surface area contributed by atoms with Crippen molar-refractivity contribution in [2.24, 2.45) is 0 Å². The predicted molar refractivity (Wildman–Crippen MR) is 90.9 cm³/mol. The molecule has 100 valence electrons. The molecule has 0 saturated carbocycles. The third-order valence-corrected chi connectivity index (χ3v) is 4.66. The van der Waals surface area contributed by atoms with Gasteiger partial charge in [0.1, 0.15) is 0 Å². The SMILES string of the molecule is Cc1cccc(NC(=S)N(C)Cc2ccc(Br)s2)c1. The van der Waals surface area contributed by atoms with Gasteiger partial charge >= 0.3 is 0 Å². The third kappa shape index (κ3) is 4.30. The molecule has 0 unspecified atom stereocenters. The summed E-state index contributed by atoms with van der Waals surface area (Å²) in [5.74, 6) is 0. The van der Waals surface area contributed by atoms with E-state index in [4.69, 9.17) is 12.2 Å². The van der Waals surface area contributed by atoms with Crippen LogP contribution in [0.15, 0.2) is 40.2 Å². The van der Waals surface area contributed by atoms with E-state index in [1.54, 1.807) is 11.3 Å². The average Bonchev–Trinajstić information content (AvgIpc) is 2.74. The largest absolute Gasteiger partial charge is 0.347 e. The first-order valence-electron chi connectivity index (χ1n) is 5.87. The Kier molecular flexibility index (Phi) is 4.96. The molecule has 0 aliphatic heterocycles. The van der Waals surface area contributed by atoms with E-state index in [0.717, 1.165) is 21.1 Å². The van der Waals surface area contributed by atoms with Gasteiger partial charge in [0.2, 0.25) is 0 Å². The lowest BCUT2D eigenvalue weighted by Crippen LogP contribution is -2.30. The van der Waals surface area contributed by atoms with Crippen molar-refractivity contribution in [1.29, 1.82) is 0 Å². The van der Waals surface area contributed by atoms with Crippen LogP contribution in [-0.2, 0) is 6.54 Å². The molecular weight excluding hydrogens is 340 g/mol. The van der Waals surface area contributed by atoms with Gasteiger partial charge in [-0.1, -0.05) is 12.1 Å². The van der Waals surface area contributed by atoms with Crippen LogP contribution >= 0.6 is 39.5 Å². The highest BCUT2D eigenvalue weighted by Crippen LogP contribution is 2.23. The molecule has 0 aliphatic carbocycles. The van der Waals surface area contributed by atoms with Crippen LogP contribution in [0.4, 0.5) is 5.69 Å². The maximum absolute atomic E-state index is 5.42. The first-order chi connectivity index (χ1) is 9.04. The minimum Gasteiger partial charge on any atom is -0.347 e. The van der Waals surface area contributed by atoms with Crippen LogP contribution in [0.25, 0.3) is 0 Å². The van der Waals surface area contributed by atoms with Gasteiger partial charge in [0.25, 0.3) is 0 Å². The zero-order chi connectivity index (χ0) is 13.8. The molecule has 0 bridgehead atoms. The molecule has 19 heavy (non-hydrogen) atoms. The molecule has 0 aliphatic rings. The molecule has 2 nitrogen and oxygen atoms in total. The van der Waals surface area contributed by atoms with Gasteiger partial charge < -0.3 is 10.2 Å². The summed E-state index contributed by atoms with van der Waals surface area (Å²) in [7, 11) is 2.00. The fraction of sp³-hybridized carbons (Fsp3) is 0.214. The number of rotatable bonds is 3. The normalized spacial score (nSPS) is 10.3. The van der Waals surface area contributed by atoms with E-state index in [9.17, 15) is 0 Å². The first kappa shape index (κ1) is 14.5. The minimum atomic E-state index is 0.732. The van der Waals surface area contributed by atoms with Crippen LogP contribution in [0.5, 0.6) is 0 Å². The van der Waals surface area contributed by atoms with Crippen molar-refractivity contribution in [2.45, 2.75) is 13.5 Å². The van der Waals surface area contributed by atoms with Crippen molar-refractivity contribution >= 4 is 50.3 Å². The number of anilines is 1. The number of aryl methyl sites for hydroxylation is 1. The monoisotopic (exact) mass is 354 g/mol. The van der Waals surface area contributed by atoms with Gasteiger partial charge in [-0.15, -0.1) is 11.3 Å². The van der Waals surface area contributed by atoms with E-state index in [1.165, 1.54) is 10.4 Å². The molecule has 1 N–H and O–H groups in total. The predicted octanol–water partition coefficient (Wildman–Crippen LogP) is 4.65. The Morgan fingerprint density at radius 1 is 1.37 bits per heavy atom. The minimum absolute atomic E-state index is 0.732. The van der Waals surface area contributed by atoms with Crippen LogP contribution in [-0.4, -0.2) is 17.1 Å². The molecule has 0 atom stereocenters. The molecule has 0 amide bonds. The Hall–Kier alpha value is -0.910. The molecule has 0 spiro atoms. The van der Waals surface area contributed by atoms with E-state index in [1.807, 2.05) is 24.1 Å². The van der Waals surface area contributed by atoms with Crippen molar-refractivity contribution in [3.8, 4) is 0 Å². The molecule has 1 aromatic carbocycles. The van der Waals surface area contributed by atoms with E-state index in [2.05, 4.69) is 52.4 Å². The van der Waals surface area contributed by atoms with E-state index < -0.39 is 0 Å². The highest BCUT2D eigenvalue weighted by Gasteiger charge is 2.07. The Morgan fingerprint density at radius 3 is 2.79 bits per heavy atom. The highest BCUT2D eigenvalue weighted by atomic mass is 79.9. The Morgan fingerprint density at radius 2 is 2.16 bits per heavy atom. The molecule has 2 rings (SSSR count). The van der Waals surface area contributed by atoms with Crippen molar-refractivity contribution in [2.75, 3.05) is 12.4 Å². The van der Waals surface area contributed by atoms with Gasteiger partial charge in [-0.05, 0) is 64.9 Å². The van der Waals surface area contributed by atoms with Crippen LogP contribution in [0.3, 0.4) is 0 Å². The van der Waals surface area contributed by atoms with E-state index >= 15 is 0 Å². The van der Waals surface area contributed by atoms with Gasteiger partial charge in [-0.25, -0.2) is 0 Å². The number of thiocarbonyl (C=S) groups is 1. The van der Waals surface area contributed by atoms with Crippen LogP contribution in [0, 0.1) is 6.92 Å². The average molecular weight is 355 g/mol. The topological polar surface area (TPSA) is 15.3 Å². The standard InChI is InChI=1S/C14H15BrN2S2/c1-10-4-3-5-11(8-10)16-14(18)17(2)9-12-6-7-13(15)19-12/h3-8H,9H2,1-2H3,(H,16,18). The second-order valence-electron chi connectivity index (χ2n) is 4.36. The van der Waals surface area contributed by atoms with Gasteiger partial charge in [0, 0.05) is 17.6 Å². The quantitative estimate of drug-likeness (QED) is 0.807. The maximum Gasteiger partial charge on any atom is 0.173 e. The summed E-state index contributed by atoms with van der Waals surface area (Å²) < 4.78 is 1.15. The molecule has 1 aromatic heterocycles. The van der Waals surface area contributed by atoms with E-state index in [-0.39, 0.29) is 0 Å². The van der Waals surface area contributed by atoms with Crippen LogP contribution < -0.4 is 5.32 Å². The van der Waals surface area contributed by atoms with Crippen molar-refractivity contribution in [3.05, 3.63) is 50.6 Å². The summed E-state index contributed by atoms with van der Waals surface area (Å²) in [5, 5.41) is 3.99. The smallest absolute Gasteiger partial charge is 0.173 e. The van der Waals surface area contributed by atoms with Crippen molar-refractivity contribution < 1.29 is 0 Å². The second kappa shape index (κ2) is 6.50. The molecule has 0 saturated heterocycles. The summed E-state index contributed by atoms with van der Waals surface area (Å²) in [6, 6.07) is 12.4. The number of hydrogen-bond donors (Lipinski definition) is 1. The molecule has 0 fully saturated rings. The number of thiophene rings is 1. The summed E-state index contributed by atoms with van der Waals surface area (Å²) >= 11 is 10.6. The summed E-state index contributed by atoms with van der Waals surface area (Å²) in [5.41, 5.74) is 2.25. The number of nitrogens with one attached hydrogen (secondary N) is 1. The van der Waals surface area contributed by atoms with Gasteiger partial charge in [0.15, 0.2) is 5.11 Å². The summed E-state index contributed by atoms with van der Waals surface area (Å²) in [6.45, 7) is 2.88. The number of hydrogen-bond acceptors (Lipinski definition) is 2. The number of nitrogens with zero attached hydrogens (tertiary/aromatic N) is 1. The van der Waals surface area contributed by atoms with Gasteiger partial charge in [-0.2, -0.15) is 0 Å². The number of benzene rings is 1. The molecule has 0 radical (unpaired) electrons. The Balaban J connectivity index is 1.96. The molecule has 5 heteroatoms. The fourth-order valence-corrected chi connectivity index (χ4v) is 3.40. The van der Waals surface area contributed by atoms with Gasteiger partial charge in [0.05, 0.1) is 10.3 Å². The Bertz CT molecular complexity index is 580. The van der Waals surface area contributed by atoms with Crippen molar-refractivity contribution in [3.63, 3.8) is 0 Å². The van der Waals surface area contributed by atoms with Crippen LogP contribution in [0.2, 0.25) is 0 Å². The van der Waals surface area contributed by atoms with Crippen LogP contribution in [0.1, 0.15) is 10.4 Å². The lowest BCUT2D eigenvalue weighted by Gasteiger charge is -2.20. The molecule has 2 aromatic rings. The lowest BCUT2D eigenvalue weighted by atomic mass is 10.2. The highest BCUT2D eigenvalue weighted by molar-refractivity contribution is 9.11. The summed E-state index contributed by atoms with van der Waals surface area (Å²) in [6.07, 6.45) is 0.